The van der Waals surface area contributed by atoms with Gasteiger partial charge in [0, 0.05) is 6.04 Å². The van der Waals surface area contributed by atoms with Gasteiger partial charge in [0.15, 0.2) is 11.6 Å². The van der Waals surface area contributed by atoms with Gasteiger partial charge in [-0.3, -0.25) is 4.79 Å². The Morgan fingerprint density at radius 2 is 2.12 bits per heavy atom. The van der Waals surface area contributed by atoms with Gasteiger partial charge in [0.1, 0.15) is 0 Å². The summed E-state index contributed by atoms with van der Waals surface area (Å²) in [4.78, 5) is 11.7. The van der Waals surface area contributed by atoms with E-state index in [-0.39, 0.29) is 17.0 Å². The molecule has 0 bridgehead atoms. The third-order valence-electron chi connectivity index (χ3n) is 2.94. The maximum Gasteiger partial charge on any atom is 0.254 e. The van der Waals surface area contributed by atoms with E-state index in [9.17, 15) is 13.6 Å². The normalized spacial score (nSPS) is 23.7. The number of alkyl halides is 1. The molecule has 1 amide bonds. The molecule has 1 aliphatic carbocycles. The molecule has 1 N–H and O–H groups in total. The van der Waals surface area contributed by atoms with Crippen molar-refractivity contribution in [2.45, 2.75) is 30.7 Å². The van der Waals surface area contributed by atoms with E-state index in [0.717, 1.165) is 25.3 Å². The molecular formula is C12H12ClF2NO. The number of hydrogen-bond acceptors (Lipinski definition) is 1. The zero-order chi connectivity index (χ0) is 12.4. The third kappa shape index (κ3) is 2.57. The van der Waals surface area contributed by atoms with Gasteiger partial charge in [-0.1, -0.05) is 6.07 Å². The van der Waals surface area contributed by atoms with Gasteiger partial charge in [0.05, 0.1) is 10.9 Å². The van der Waals surface area contributed by atoms with Crippen LogP contribution in [0, 0.1) is 11.6 Å². The van der Waals surface area contributed by atoms with Crippen molar-refractivity contribution in [3.63, 3.8) is 0 Å². The molecule has 2 unspecified atom stereocenters. The summed E-state index contributed by atoms with van der Waals surface area (Å²) in [5.74, 6) is -2.75. The monoisotopic (exact) mass is 259 g/mol. The lowest BCUT2D eigenvalue weighted by atomic mass is 10.1. The highest BCUT2D eigenvalue weighted by Crippen LogP contribution is 2.24. The van der Waals surface area contributed by atoms with E-state index < -0.39 is 17.5 Å². The number of amides is 1. The Hall–Kier alpha value is -1.16. The predicted molar refractivity (Wildman–Crippen MR) is 61.1 cm³/mol. The average molecular weight is 260 g/mol. The molecule has 2 atom stereocenters. The molecule has 0 saturated heterocycles. The van der Waals surface area contributed by atoms with Crippen molar-refractivity contribution >= 4 is 17.5 Å². The van der Waals surface area contributed by atoms with Crippen molar-refractivity contribution in [1.29, 1.82) is 0 Å². The Morgan fingerprint density at radius 3 is 2.76 bits per heavy atom. The minimum Gasteiger partial charge on any atom is -0.348 e. The maximum absolute atomic E-state index is 13.4. The largest absolute Gasteiger partial charge is 0.348 e. The van der Waals surface area contributed by atoms with E-state index in [1.165, 1.54) is 12.1 Å². The first-order chi connectivity index (χ1) is 8.09. The topological polar surface area (TPSA) is 29.1 Å². The number of nitrogens with one attached hydrogen (secondary N) is 1. The summed E-state index contributed by atoms with van der Waals surface area (Å²) in [6, 6.07) is 3.38. The molecule has 2 rings (SSSR count). The highest BCUT2D eigenvalue weighted by atomic mass is 35.5. The van der Waals surface area contributed by atoms with Crippen LogP contribution in [-0.4, -0.2) is 17.3 Å². The van der Waals surface area contributed by atoms with Gasteiger partial charge in [0.25, 0.3) is 5.91 Å². The van der Waals surface area contributed by atoms with E-state index in [0.29, 0.717) is 0 Å². The molecule has 1 aromatic carbocycles. The predicted octanol–water partition coefficient (Wildman–Crippen LogP) is 2.85. The molecule has 0 radical (unpaired) electrons. The summed E-state index contributed by atoms with van der Waals surface area (Å²) in [5, 5.41) is 2.51. The van der Waals surface area contributed by atoms with E-state index >= 15 is 0 Å². The van der Waals surface area contributed by atoms with Gasteiger partial charge in [-0.15, -0.1) is 11.6 Å². The van der Waals surface area contributed by atoms with Crippen LogP contribution in [0.1, 0.15) is 29.6 Å². The smallest absolute Gasteiger partial charge is 0.254 e. The summed E-state index contributed by atoms with van der Waals surface area (Å²) < 4.78 is 26.3. The van der Waals surface area contributed by atoms with Crippen LogP contribution in [0.3, 0.4) is 0 Å². The second-order valence-corrected chi connectivity index (χ2v) is 4.69. The molecule has 1 fully saturated rings. The molecule has 17 heavy (non-hydrogen) atoms. The highest BCUT2D eigenvalue weighted by Gasteiger charge is 2.27. The second-order valence-electron chi connectivity index (χ2n) is 4.13. The SMILES string of the molecule is O=C(NC1CCCC1Cl)c1cccc(F)c1F. The van der Waals surface area contributed by atoms with Crippen LogP contribution in [0.4, 0.5) is 8.78 Å². The second kappa shape index (κ2) is 5.00. The minimum absolute atomic E-state index is 0.129. The fraction of sp³-hybridized carbons (Fsp3) is 0.417. The van der Waals surface area contributed by atoms with Gasteiger partial charge < -0.3 is 5.32 Å². The van der Waals surface area contributed by atoms with E-state index in [1.807, 2.05) is 0 Å². The lowest BCUT2D eigenvalue weighted by Gasteiger charge is -2.16. The molecule has 0 aliphatic heterocycles. The Bertz CT molecular complexity index is 439. The molecule has 0 heterocycles. The Balaban J connectivity index is 2.12. The van der Waals surface area contributed by atoms with Gasteiger partial charge in [-0.25, -0.2) is 8.78 Å². The number of carbonyl (C=O) groups is 1. The first-order valence-corrected chi connectivity index (χ1v) is 5.92. The molecular weight excluding hydrogens is 248 g/mol. The van der Waals surface area contributed by atoms with Gasteiger partial charge in [-0.05, 0) is 31.4 Å². The molecule has 0 aromatic heterocycles. The Kier molecular flexibility index (Phi) is 3.62. The third-order valence-corrected chi connectivity index (χ3v) is 3.47. The van der Waals surface area contributed by atoms with Gasteiger partial charge >= 0.3 is 0 Å². The number of rotatable bonds is 2. The lowest BCUT2D eigenvalue weighted by molar-refractivity contribution is 0.0933. The number of carbonyl (C=O) groups excluding carboxylic acids is 1. The first-order valence-electron chi connectivity index (χ1n) is 5.48. The fourth-order valence-electron chi connectivity index (χ4n) is 2.00. The van der Waals surface area contributed by atoms with Crippen LogP contribution in [0.5, 0.6) is 0 Å². The summed E-state index contributed by atoms with van der Waals surface area (Å²) >= 11 is 6.00. The van der Waals surface area contributed by atoms with Crippen LogP contribution in [0.25, 0.3) is 0 Å². The van der Waals surface area contributed by atoms with Crippen molar-refractivity contribution in [2.24, 2.45) is 0 Å². The van der Waals surface area contributed by atoms with Crippen LogP contribution in [-0.2, 0) is 0 Å². The summed E-state index contributed by atoms with van der Waals surface area (Å²) in [7, 11) is 0. The maximum atomic E-state index is 13.4. The molecule has 2 nitrogen and oxygen atoms in total. The number of hydrogen-bond donors (Lipinski definition) is 1. The van der Waals surface area contributed by atoms with Crippen molar-refractivity contribution in [3.05, 3.63) is 35.4 Å². The zero-order valence-electron chi connectivity index (χ0n) is 9.05. The van der Waals surface area contributed by atoms with E-state index in [4.69, 9.17) is 11.6 Å². The Morgan fingerprint density at radius 1 is 1.35 bits per heavy atom. The molecule has 92 valence electrons. The van der Waals surface area contributed by atoms with Gasteiger partial charge in [0.2, 0.25) is 0 Å². The first kappa shape index (κ1) is 12.3. The number of halogens is 3. The molecule has 5 heteroatoms. The van der Waals surface area contributed by atoms with Crippen LogP contribution < -0.4 is 5.32 Å². The van der Waals surface area contributed by atoms with Crippen molar-refractivity contribution in [1.82, 2.24) is 5.32 Å². The standard InChI is InChI=1S/C12H12ClF2NO/c13-8-4-2-6-10(8)16-12(17)7-3-1-5-9(14)11(7)15/h1,3,5,8,10H,2,4,6H2,(H,16,17). The number of benzene rings is 1. The zero-order valence-corrected chi connectivity index (χ0v) is 9.81. The molecule has 1 aliphatic rings. The molecule has 1 aromatic rings. The van der Waals surface area contributed by atoms with E-state index in [2.05, 4.69) is 5.32 Å². The summed E-state index contributed by atoms with van der Waals surface area (Å²) in [6.07, 6.45) is 2.54. The van der Waals surface area contributed by atoms with Crippen LogP contribution >= 0.6 is 11.6 Å². The fourth-order valence-corrected chi connectivity index (χ4v) is 2.35. The van der Waals surface area contributed by atoms with Crippen molar-refractivity contribution < 1.29 is 13.6 Å². The minimum atomic E-state index is -1.12. The van der Waals surface area contributed by atoms with Crippen molar-refractivity contribution in [3.8, 4) is 0 Å². The molecule has 0 spiro atoms. The lowest BCUT2D eigenvalue weighted by Crippen LogP contribution is -2.38. The summed E-state index contributed by atoms with van der Waals surface area (Å²) in [6.45, 7) is 0. The van der Waals surface area contributed by atoms with Crippen molar-refractivity contribution in [2.75, 3.05) is 0 Å². The van der Waals surface area contributed by atoms with Crippen LogP contribution in [0.15, 0.2) is 18.2 Å². The highest BCUT2D eigenvalue weighted by molar-refractivity contribution is 6.21. The van der Waals surface area contributed by atoms with Crippen LogP contribution in [0.2, 0.25) is 0 Å². The molecule has 1 saturated carbocycles. The Labute approximate surface area is 103 Å². The average Bonchev–Trinajstić information content (AvgIpc) is 2.68. The van der Waals surface area contributed by atoms with Gasteiger partial charge in [-0.2, -0.15) is 0 Å². The summed E-state index contributed by atoms with van der Waals surface area (Å²) in [5.41, 5.74) is -0.277. The van der Waals surface area contributed by atoms with E-state index in [1.54, 1.807) is 0 Å². The quantitative estimate of drug-likeness (QED) is 0.813.